The van der Waals surface area contributed by atoms with Gasteiger partial charge in [-0.05, 0) is 43.0 Å². The molecule has 1 aliphatic carbocycles. The van der Waals surface area contributed by atoms with Gasteiger partial charge in [-0.1, -0.05) is 43.3 Å². The van der Waals surface area contributed by atoms with Crippen LogP contribution >= 0.6 is 0 Å². The molecule has 0 aromatic heterocycles. The molecule has 0 N–H and O–H groups in total. The van der Waals surface area contributed by atoms with Crippen molar-refractivity contribution < 1.29 is 23.9 Å². The topological polar surface area (TPSA) is 84.0 Å². The minimum Gasteiger partial charge on any atom is -0.426 e. The van der Waals surface area contributed by atoms with Crippen LogP contribution in [0.2, 0.25) is 0 Å². The summed E-state index contributed by atoms with van der Waals surface area (Å²) in [5, 5.41) is 0. The van der Waals surface area contributed by atoms with Crippen molar-refractivity contribution in [3.05, 3.63) is 66.2 Å². The lowest BCUT2D eigenvalue weighted by Crippen LogP contribution is -2.31. The molecule has 5 rings (SSSR count). The Balaban J connectivity index is 1.31. The summed E-state index contributed by atoms with van der Waals surface area (Å²) in [6.07, 6.45) is 4.57. The van der Waals surface area contributed by atoms with E-state index in [4.69, 9.17) is 4.74 Å². The van der Waals surface area contributed by atoms with Crippen LogP contribution in [-0.2, 0) is 19.2 Å². The van der Waals surface area contributed by atoms with Gasteiger partial charge in [-0.3, -0.25) is 19.2 Å². The number of para-hydroxylation sites is 1. The maximum absolute atomic E-state index is 13.1. The van der Waals surface area contributed by atoms with E-state index in [0.717, 1.165) is 11.3 Å². The number of imide groups is 1. The third-order valence-electron chi connectivity index (χ3n) is 7.03. The Hall–Kier alpha value is -3.74. The number of anilines is 2. The first-order chi connectivity index (χ1) is 16.3. The van der Waals surface area contributed by atoms with Gasteiger partial charge in [0, 0.05) is 24.7 Å². The number of allylic oxidation sites excluding steroid dienone is 2. The average Bonchev–Trinajstić information content (AvgIpc) is 3.32. The van der Waals surface area contributed by atoms with Gasteiger partial charge in [-0.15, -0.1) is 0 Å². The molecule has 2 fully saturated rings. The highest BCUT2D eigenvalue weighted by molar-refractivity contribution is 6.22. The number of fused-ring (bicyclic) bond motifs is 1. The van der Waals surface area contributed by atoms with E-state index in [1.165, 1.54) is 4.90 Å². The Morgan fingerprint density at radius 2 is 1.82 bits per heavy atom. The number of hydrogen-bond donors (Lipinski definition) is 0. The lowest BCUT2D eigenvalue weighted by atomic mass is 9.78. The van der Waals surface area contributed by atoms with Gasteiger partial charge < -0.3 is 9.64 Å². The van der Waals surface area contributed by atoms with E-state index in [1.54, 1.807) is 29.2 Å². The maximum Gasteiger partial charge on any atom is 0.316 e. The molecule has 0 saturated carbocycles. The number of amides is 3. The highest BCUT2D eigenvalue weighted by atomic mass is 16.5. The van der Waals surface area contributed by atoms with Crippen LogP contribution in [0.25, 0.3) is 0 Å². The zero-order chi connectivity index (χ0) is 24.0. The van der Waals surface area contributed by atoms with Gasteiger partial charge in [0.25, 0.3) is 0 Å². The minimum atomic E-state index is -0.597. The molecule has 3 aliphatic rings. The monoisotopic (exact) mass is 458 g/mol. The Labute approximate surface area is 198 Å². The summed E-state index contributed by atoms with van der Waals surface area (Å²) < 4.78 is 5.59. The second-order valence-corrected chi connectivity index (χ2v) is 9.28. The number of nitrogens with zero attached hydrogens (tertiary/aromatic N) is 2. The molecule has 0 unspecified atom stereocenters. The molecule has 4 atom stereocenters. The molecule has 2 saturated heterocycles. The largest absolute Gasteiger partial charge is 0.426 e. The van der Waals surface area contributed by atoms with Crippen LogP contribution in [0.3, 0.4) is 0 Å². The Morgan fingerprint density at radius 3 is 2.59 bits per heavy atom. The number of esters is 1. The van der Waals surface area contributed by atoms with Crippen molar-refractivity contribution in [2.45, 2.75) is 26.7 Å². The Kier molecular flexibility index (Phi) is 5.55. The second-order valence-electron chi connectivity index (χ2n) is 9.28. The first-order valence-corrected chi connectivity index (χ1v) is 11.6. The molecule has 34 heavy (non-hydrogen) atoms. The molecule has 2 aromatic carbocycles. The summed E-state index contributed by atoms with van der Waals surface area (Å²) in [5.74, 6) is -2.13. The lowest BCUT2D eigenvalue weighted by Gasteiger charge is -2.22. The number of aryl methyl sites for hydroxylation is 1. The van der Waals surface area contributed by atoms with E-state index in [9.17, 15) is 19.2 Å². The standard InChI is InChI=1S/C27H26N2O5/c1-16-7-3-4-12-22(16)28-15-18(13-23(28)30)27(33)34-20-10-6-9-19(14-20)29-25(31)21-11-5-8-17(2)24(21)26(29)32/h3-10,12,14,17-18,21,24H,11,13,15H2,1-2H3/t17-,18-,21-,24-/m1/s1. The predicted molar refractivity (Wildman–Crippen MR) is 126 cm³/mol. The third-order valence-corrected chi connectivity index (χ3v) is 7.03. The van der Waals surface area contributed by atoms with Crippen LogP contribution in [0.5, 0.6) is 5.75 Å². The van der Waals surface area contributed by atoms with E-state index < -0.39 is 11.9 Å². The van der Waals surface area contributed by atoms with Crippen molar-refractivity contribution in [1.82, 2.24) is 0 Å². The van der Waals surface area contributed by atoms with Crippen LogP contribution in [0.1, 0.15) is 25.3 Å². The van der Waals surface area contributed by atoms with Crippen LogP contribution in [0, 0.1) is 30.6 Å². The molecule has 0 bridgehead atoms. The lowest BCUT2D eigenvalue weighted by molar-refractivity contribution is -0.139. The van der Waals surface area contributed by atoms with Gasteiger partial charge in [-0.2, -0.15) is 0 Å². The molecule has 7 nitrogen and oxygen atoms in total. The van der Waals surface area contributed by atoms with Gasteiger partial charge in [-0.25, -0.2) is 4.90 Å². The second kappa shape index (κ2) is 8.56. The quantitative estimate of drug-likeness (QED) is 0.302. The zero-order valence-electron chi connectivity index (χ0n) is 19.1. The smallest absolute Gasteiger partial charge is 0.316 e. The number of carbonyl (C=O) groups excluding carboxylic acids is 4. The number of ether oxygens (including phenoxy) is 1. The number of carbonyl (C=O) groups is 4. The van der Waals surface area contributed by atoms with Gasteiger partial charge in [0.05, 0.1) is 23.4 Å². The molecule has 0 spiro atoms. The van der Waals surface area contributed by atoms with E-state index in [1.807, 2.05) is 50.3 Å². The third kappa shape index (κ3) is 3.71. The molecule has 174 valence electrons. The number of benzene rings is 2. The average molecular weight is 459 g/mol. The number of hydrogen-bond acceptors (Lipinski definition) is 5. The van der Waals surface area contributed by atoms with E-state index in [2.05, 4.69) is 0 Å². The first kappa shape index (κ1) is 22.1. The van der Waals surface area contributed by atoms with Crippen LogP contribution in [0.4, 0.5) is 11.4 Å². The first-order valence-electron chi connectivity index (χ1n) is 11.6. The van der Waals surface area contributed by atoms with Crippen molar-refractivity contribution in [2.24, 2.45) is 23.7 Å². The van der Waals surface area contributed by atoms with Gasteiger partial charge >= 0.3 is 5.97 Å². The fourth-order valence-electron chi connectivity index (χ4n) is 5.25. The molecule has 0 radical (unpaired) electrons. The van der Waals surface area contributed by atoms with Crippen LogP contribution in [0.15, 0.2) is 60.7 Å². The summed E-state index contributed by atoms with van der Waals surface area (Å²) in [6, 6.07) is 14.0. The molecular weight excluding hydrogens is 432 g/mol. The molecule has 2 heterocycles. The van der Waals surface area contributed by atoms with Crippen LogP contribution < -0.4 is 14.5 Å². The normalized spacial score (nSPS) is 26.2. The van der Waals surface area contributed by atoms with Gasteiger partial charge in [0.2, 0.25) is 17.7 Å². The van der Waals surface area contributed by atoms with Crippen molar-refractivity contribution >= 4 is 35.1 Å². The van der Waals surface area contributed by atoms with Gasteiger partial charge in [0.1, 0.15) is 5.75 Å². The summed E-state index contributed by atoms with van der Waals surface area (Å²) in [6.45, 7) is 4.12. The van der Waals surface area contributed by atoms with E-state index >= 15 is 0 Å². The fourth-order valence-corrected chi connectivity index (χ4v) is 5.25. The van der Waals surface area contributed by atoms with E-state index in [-0.39, 0.29) is 54.2 Å². The summed E-state index contributed by atoms with van der Waals surface area (Å²) >= 11 is 0. The summed E-state index contributed by atoms with van der Waals surface area (Å²) in [7, 11) is 0. The highest BCUT2D eigenvalue weighted by Crippen LogP contribution is 2.41. The van der Waals surface area contributed by atoms with Crippen LogP contribution in [-0.4, -0.2) is 30.2 Å². The zero-order valence-corrected chi connectivity index (χ0v) is 19.1. The maximum atomic E-state index is 13.1. The van der Waals surface area contributed by atoms with Crippen molar-refractivity contribution in [3.8, 4) is 5.75 Å². The summed E-state index contributed by atoms with van der Waals surface area (Å²) in [4.78, 5) is 54.3. The molecule has 2 aromatic rings. The van der Waals surface area contributed by atoms with Gasteiger partial charge in [0.15, 0.2) is 0 Å². The summed E-state index contributed by atoms with van der Waals surface area (Å²) in [5.41, 5.74) is 2.15. The fraction of sp³-hybridized carbons (Fsp3) is 0.333. The van der Waals surface area contributed by atoms with Crippen molar-refractivity contribution in [2.75, 3.05) is 16.3 Å². The Morgan fingerprint density at radius 1 is 1.03 bits per heavy atom. The molecule has 2 aliphatic heterocycles. The highest BCUT2D eigenvalue weighted by Gasteiger charge is 2.50. The minimum absolute atomic E-state index is 0.00249. The molecular formula is C27H26N2O5. The van der Waals surface area contributed by atoms with Crippen molar-refractivity contribution in [1.29, 1.82) is 0 Å². The molecule has 3 amide bonds. The van der Waals surface area contributed by atoms with Crippen molar-refractivity contribution in [3.63, 3.8) is 0 Å². The van der Waals surface area contributed by atoms with E-state index in [0.29, 0.717) is 12.1 Å². The Bertz CT molecular complexity index is 1220. The number of rotatable bonds is 4. The predicted octanol–water partition coefficient (Wildman–Crippen LogP) is 3.66. The SMILES string of the molecule is Cc1ccccc1N1C[C@H](C(=O)Oc2cccc(N3C(=O)[C@@H]4[C@H](C)C=CC[C@H]4C3=O)c2)CC1=O. The molecule has 7 heteroatoms.